The average molecular weight is 262 g/mol. The lowest BCUT2D eigenvalue weighted by atomic mass is 9.91. The summed E-state index contributed by atoms with van der Waals surface area (Å²) in [5, 5.41) is 10.0. The van der Waals surface area contributed by atoms with Crippen LogP contribution in [0.4, 0.5) is 0 Å². The number of aliphatic hydroxyl groups is 1. The summed E-state index contributed by atoms with van der Waals surface area (Å²) in [4.78, 5) is 11.3. The molecule has 0 aromatic heterocycles. The second-order valence-electron chi connectivity index (χ2n) is 5.62. The standard InChI is InChI=1S/C16H22O3/c1-3-4-5-11(2)14(17)8-6-12-7-9-15-13(12)10-16(18)19-15/h6,8,11-15,17H,5,7,9-10H2,1-2H3/b8-6+/t11?,12-,13+,14+,15-/m0/s1. The molecule has 3 nitrogen and oxygen atoms in total. The predicted molar refractivity (Wildman–Crippen MR) is 73.1 cm³/mol. The number of allylic oxidation sites excluding steroid dienone is 1. The van der Waals surface area contributed by atoms with Crippen LogP contribution in [0, 0.1) is 29.6 Å². The molecule has 0 aromatic rings. The number of carbonyl (C=O) groups is 1. The molecule has 2 rings (SSSR count). The molecule has 1 unspecified atom stereocenters. The molecule has 19 heavy (non-hydrogen) atoms. The molecule has 3 heteroatoms. The molecule has 0 amide bonds. The molecule has 1 heterocycles. The number of aliphatic hydroxyl groups excluding tert-OH is 1. The molecule has 0 radical (unpaired) electrons. The van der Waals surface area contributed by atoms with Gasteiger partial charge in [-0.2, -0.15) is 0 Å². The fraction of sp³-hybridized carbons (Fsp3) is 0.688. The van der Waals surface area contributed by atoms with Crippen molar-refractivity contribution in [2.75, 3.05) is 0 Å². The van der Waals surface area contributed by atoms with Gasteiger partial charge < -0.3 is 9.84 Å². The van der Waals surface area contributed by atoms with Crippen LogP contribution in [-0.2, 0) is 9.53 Å². The Kier molecular flexibility index (Phi) is 4.66. The lowest BCUT2D eigenvalue weighted by Crippen LogP contribution is -2.16. The SMILES string of the molecule is CC#CCC(C)[C@H](O)/C=C/[C@H]1CC[C@@H]2OC(=O)C[C@@H]21. The summed E-state index contributed by atoms with van der Waals surface area (Å²) in [5.41, 5.74) is 0. The van der Waals surface area contributed by atoms with Crippen LogP contribution in [0.25, 0.3) is 0 Å². The van der Waals surface area contributed by atoms with Crippen LogP contribution in [0.1, 0.15) is 39.5 Å². The number of hydrogen-bond donors (Lipinski definition) is 1. The van der Waals surface area contributed by atoms with Crippen molar-refractivity contribution in [3.8, 4) is 11.8 Å². The first-order valence-electron chi connectivity index (χ1n) is 7.07. The Bertz CT molecular complexity index is 415. The Hall–Kier alpha value is -1.27. The molecule has 0 spiro atoms. The maximum absolute atomic E-state index is 11.3. The van der Waals surface area contributed by atoms with E-state index in [2.05, 4.69) is 17.9 Å². The van der Waals surface area contributed by atoms with Crippen LogP contribution in [0.2, 0.25) is 0 Å². The van der Waals surface area contributed by atoms with Gasteiger partial charge in [0.1, 0.15) is 6.10 Å². The highest BCUT2D eigenvalue weighted by Crippen LogP contribution is 2.41. The number of ether oxygens (including phenoxy) is 1. The van der Waals surface area contributed by atoms with Crippen LogP contribution in [0.15, 0.2) is 12.2 Å². The Labute approximate surface area is 115 Å². The maximum Gasteiger partial charge on any atom is 0.306 e. The van der Waals surface area contributed by atoms with Gasteiger partial charge in [0.25, 0.3) is 0 Å². The third-order valence-corrected chi connectivity index (χ3v) is 4.24. The first kappa shape index (κ1) is 14.1. The van der Waals surface area contributed by atoms with Gasteiger partial charge in [-0.15, -0.1) is 11.8 Å². The van der Waals surface area contributed by atoms with Crippen LogP contribution in [-0.4, -0.2) is 23.3 Å². The second-order valence-corrected chi connectivity index (χ2v) is 5.62. The zero-order valence-electron chi connectivity index (χ0n) is 11.6. The van der Waals surface area contributed by atoms with Gasteiger partial charge in [0.15, 0.2) is 0 Å². The smallest absolute Gasteiger partial charge is 0.306 e. The minimum absolute atomic E-state index is 0.0692. The summed E-state index contributed by atoms with van der Waals surface area (Å²) >= 11 is 0. The van der Waals surface area contributed by atoms with E-state index in [1.54, 1.807) is 0 Å². The molecule has 1 saturated heterocycles. The lowest BCUT2D eigenvalue weighted by molar-refractivity contribution is -0.141. The Morgan fingerprint density at radius 3 is 3.05 bits per heavy atom. The van der Waals surface area contributed by atoms with Crippen molar-refractivity contribution < 1.29 is 14.6 Å². The summed E-state index contributed by atoms with van der Waals surface area (Å²) in [6.45, 7) is 3.81. The van der Waals surface area contributed by atoms with Crippen LogP contribution in [0.5, 0.6) is 0 Å². The molecule has 1 aliphatic heterocycles. The van der Waals surface area contributed by atoms with Crippen LogP contribution >= 0.6 is 0 Å². The minimum Gasteiger partial charge on any atom is -0.462 e. The molecular weight excluding hydrogens is 240 g/mol. The van der Waals surface area contributed by atoms with Gasteiger partial charge >= 0.3 is 5.97 Å². The van der Waals surface area contributed by atoms with Crippen molar-refractivity contribution in [3.63, 3.8) is 0 Å². The highest BCUT2D eigenvalue weighted by atomic mass is 16.5. The van der Waals surface area contributed by atoms with Crippen LogP contribution in [0.3, 0.4) is 0 Å². The van der Waals surface area contributed by atoms with E-state index in [9.17, 15) is 9.90 Å². The van der Waals surface area contributed by atoms with Gasteiger partial charge in [0, 0.05) is 12.3 Å². The zero-order chi connectivity index (χ0) is 13.8. The van der Waals surface area contributed by atoms with Crippen molar-refractivity contribution in [3.05, 3.63) is 12.2 Å². The number of hydrogen-bond acceptors (Lipinski definition) is 3. The quantitative estimate of drug-likeness (QED) is 0.480. The third-order valence-electron chi connectivity index (χ3n) is 4.24. The second kappa shape index (κ2) is 6.25. The first-order chi connectivity index (χ1) is 9.11. The highest BCUT2D eigenvalue weighted by molar-refractivity contribution is 5.72. The van der Waals surface area contributed by atoms with Crippen LogP contribution < -0.4 is 0 Å². The van der Waals surface area contributed by atoms with Crippen molar-refractivity contribution in [2.24, 2.45) is 17.8 Å². The molecular formula is C16H22O3. The van der Waals surface area contributed by atoms with E-state index in [0.717, 1.165) is 12.8 Å². The fourth-order valence-electron chi connectivity index (χ4n) is 2.97. The normalized spacial score (nSPS) is 32.6. The zero-order valence-corrected chi connectivity index (χ0v) is 11.6. The Morgan fingerprint density at radius 2 is 2.32 bits per heavy atom. The fourth-order valence-corrected chi connectivity index (χ4v) is 2.97. The topological polar surface area (TPSA) is 46.5 Å². The summed E-state index contributed by atoms with van der Waals surface area (Å²) in [5.74, 6) is 6.60. The van der Waals surface area contributed by atoms with Gasteiger partial charge in [-0.25, -0.2) is 0 Å². The van der Waals surface area contributed by atoms with E-state index < -0.39 is 6.10 Å². The molecule has 5 atom stereocenters. The van der Waals surface area contributed by atoms with Crippen molar-refractivity contribution in [1.82, 2.24) is 0 Å². The molecule has 1 saturated carbocycles. The molecule has 0 bridgehead atoms. The molecule has 1 aliphatic carbocycles. The van der Waals surface area contributed by atoms with Crippen molar-refractivity contribution in [1.29, 1.82) is 0 Å². The van der Waals surface area contributed by atoms with E-state index in [-0.39, 0.29) is 18.0 Å². The highest BCUT2D eigenvalue weighted by Gasteiger charge is 2.43. The van der Waals surface area contributed by atoms with E-state index >= 15 is 0 Å². The van der Waals surface area contributed by atoms with Gasteiger partial charge in [-0.05, 0) is 31.6 Å². The number of esters is 1. The first-order valence-corrected chi connectivity index (χ1v) is 7.07. The third kappa shape index (κ3) is 3.39. The van der Waals surface area contributed by atoms with Crippen molar-refractivity contribution >= 4 is 5.97 Å². The predicted octanol–water partition coefficient (Wildman–Crippen LogP) is 2.29. The lowest BCUT2D eigenvalue weighted by Gasteiger charge is -2.15. The molecule has 2 aliphatic rings. The summed E-state index contributed by atoms with van der Waals surface area (Å²) < 4.78 is 5.27. The monoisotopic (exact) mass is 262 g/mol. The Morgan fingerprint density at radius 1 is 1.53 bits per heavy atom. The molecule has 104 valence electrons. The van der Waals surface area contributed by atoms with Gasteiger partial charge in [-0.1, -0.05) is 19.1 Å². The number of carbonyl (C=O) groups excluding carboxylic acids is 1. The van der Waals surface area contributed by atoms with E-state index in [1.807, 2.05) is 19.9 Å². The average Bonchev–Trinajstić information content (AvgIpc) is 2.92. The van der Waals surface area contributed by atoms with Gasteiger partial charge in [0.2, 0.25) is 0 Å². The van der Waals surface area contributed by atoms with Gasteiger partial charge in [-0.3, -0.25) is 4.79 Å². The van der Waals surface area contributed by atoms with E-state index in [0.29, 0.717) is 24.7 Å². The number of rotatable bonds is 4. The minimum atomic E-state index is -0.460. The van der Waals surface area contributed by atoms with E-state index in [1.165, 1.54) is 0 Å². The molecule has 0 aromatic carbocycles. The summed E-state index contributed by atoms with van der Waals surface area (Å²) in [6.07, 6.45) is 6.85. The van der Waals surface area contributed by atoms with E-state index in [4.69, 9.17) is 4.74 Å². The van der Waals surface area contributed by atoms with Gasteiger partial charge in [0.05, 0.1) is 12.5 Å². The van der Waals surface area contributed by atoms with Crippen molar-refractivity contribution in [2.45, 2.75) is 51.7 Å². The number of fused-ring (bicyclic) bond motifs is 1. The summed E-state index contributed by atoms with van der Waals surface area (Å²) in [6, 6.07) is 0. The molecule has 1 N–H and O–H groups in total. The molecule has 2 fully saturated rings. The Balaban J connectivity index is 1.87. The summed E-state index contributed by atoms with van der Waals surface area (Å²) in [7, 11) is 0. The maximum atomic E-state index is 11.3. The largest absolute Gasteiger partial charge is 0.462 e.